The molecule has 1 aliphatic rings. The average molecular weight is 392 g/mol. The molecule has 0 saturated heterocycles. The Kier molecular flexibility index (Phi) is 6.12. The minimum absolute atomic E-state index is 0.196. The first-order valence-electron chi connectivity index (χ1n) is 8.48. The number of hydrogen-bond acceptors (Lipinski definition) is 7. The number of carbonyl (C=O) groups excluding carboxylic acids is 2. The molecule has 1 aromatic carbocycles. The Labute approximate surface area is 159 Å². The van der Waals surface area contributed by atoms with E-state index in [1.165, 1.54) is 4.57 Å². The van der Waals surface area contributed by atoms with E-state index >= 15 is 0 Å². The number of thiazole rings is 1. The Balaban J connectivity index is 1.38. The van der Waals surface area contributed by atoms with Crippen molar-refractivity contribution in [2.75, 3.05) is 26.4 Å². The highest BCUT2D eigenvalue weighted by Crippen LogP contribution is 2.30. The van der Waals surface area contributed by atoms with Gasteiger partial charge in [-0.15, -0.1) is 0 Å². The largest absolute Gasteiger partial charge is 0.486 e. The van der Waals surface area contributed by atoms with Crippen molar-refractivity contribution in [2.24, 2.45) is 0 Å². The first kappa shape index (κ1) is 19.0. The monoisotopic (exact) mass is 392 g/mol. The molecule has 0 atom stereocenters. The number of aryl methyl sites for hydroxylation is 1. The lowest BCUT2D eigenvalue weighted by Crippen LogP contribution is -2.31. The molecule has 27 heavy (non-hydrogen) atoms. The van der Waals surface area contributed by atoms with E-state index in [0.29, 0.717) is 37.6 Å². The van der Waals surface area contributed by atoms with E-state index in [1.807, 2.05) is 18.2 Å². The third-order valence-corrected chi connectivity index (χ3v) is 4.85. The molecule has 8 nitrogen and oxygen atoms in total. The first-order valence-corrected chi connectivity index (χ1v) is 9.36. The van der Waals surface area contributed by atoms with Crippen LogP contribution in [0.15, 0.2) is 28.4 Å². The van der Waals surface area contributed by atoms with Gasteiger partial charge in [0.05, 0.1) is 0 Å². The smallest absolute Gasteiger partial charge is 0.326 e. The van der Waals surface area contributed by atoms with Crippen molar-refractivity contribution in [1.82, 2.24) is 9.88 Å². The lowest BCUT2D eigenvalue weighted by atomic mass is 10.1. The van der Waals surface area contributed by atoms with Crippen molar-refractivity contribution in [3.63, 3.8) is 0 Å². The second-order valence-electron chi connectivity index (χ2n) is 5.97. The third-order valence-electron chi connectivity index (χ3n) is 3.97. The summed E-state index contributed by atoms with van der Waals surface area (Å²) in [5, 5.41) is 4.36. The number of aromatic nitrogens is 1. The van der Waals surface area contributed by atoms with Gasteiger partial charge in [0.2, 0.25) is 0 Å². The lowest BCUT2D eigenvalue weighted by Gasteiger charge is -2.18. The molecule has 144 valence electrons. The van der Waals surface area contributed by atoms with Gasteiger partial charge in [-0.2, -0.15) is 0 Å². The second-order valence-corrected chi connectivity index (χ2v) is 6.79. The van der Waals surface area contributed by atoms with E-state index in [9.17, 15) is 14.4 Å². The predicted octanol–water partition coefficient (Wildman–Crippen LogP) is 0.892. The van der Waals surface area contributed by atoms with Gasteiger partial charge in [0.15, 0.2) is 18.1 Å². The Morgan fingerprint density at radius 1 is 1.26 bits per heavy atom. The molecule has 0 saturated carbocycles. The van der Waals surface area contributed by atoms with Crippen molar-refractivity contribution in [3.05, 3.63) is 44.5 Å². The summed E-state index contributed by atoms with van der Waals surface area (Å²) in [6.45, 7) is 2.63. The minimum Gasteiger partial charge on any atom is -0.486 e. The number of nitrogens with one attached hydrogen (secondary N) is 1. The van der Waals surface area contributed by atoms with E-state index in [1.54, 1.807) is 12.3 Å². The standard InChI is InChI=1S/C18H20N2O6S/c1-12-11-27-18(23)20(12)9-17(22)26-10-16(21)19-5-4-13-2-3-14-15(8-13)25-7-6-24-14/h2-3,8,11H,4-7,9-10H2,1H3,(H,19,21). The molecule has 0 unspecified atom stereocenters. The van der Waals surface area contributed by atoms with Crippen LogP contribution < -0.4 is 19.7 Å². The number of rotatable bonds is 7. The maximum atomic E-state index is 11.8. The lowest BCUT2D eigenvalue weighted by molar-refractivity contribution is -0.149. The van der Waals surface area contributed by atoms with E-state index < -0.39 is 11.9 Å². The van der Waals surface area contributed by atoms with E-state index in [4.69, 9.17) is 14.2 Å². The second kappa shape index (κ2) is 8.72. The predicted molar refractivity (Wildman–Crippen MR) is 98.4 cm³/mol. The van der Waals surface area contributed by atoms with Crippen LogP contribution in [-0.4, -0.2) is 42.8 Å². The highest BCUT2D eigenvalue weighted by Gasteiger charge is 2.13. The van der Waals surface area contributed by atoms with E-state index in [2.05, 4.69) is 5.32 Å². The maximum Gasteiger partial charge on any atom is 0.326 e. The molecule has 2 aromatic rings. The number of nitrogens with zero attached hydrogens (tertiary/aromatic N) is 1. The zero-order valence-electron chi connectivity index (χ0n) is 14.9. The normalized spacial score (nSPS) is 12.5. The van der Waals surface area contributed by atoms with Crippen molar-refractivity contribution < 1.29 is 23.8 Å². The molecular weight excluding hydrogens is 372 g/mol. The topological polar surface area (TPSA) is 95.9 Å². The molecule has 0 aliphatic carbocycles. The number of ether oxygens (including phenoxy) is 3. The van der Waals surface area contributed by atoms with Gasteiger partial charge in [-0.05, 0) is 31.0 Å². The highest BCUT2D eigenvalue weighted by molar-refractivity contribution is 7.07. The summed E-state index contributed by atoms with van der Waals surface area (Å²) in [7, 11) is 0. The molecule has 0 bridgehead atoms. The number of amides is 1. The Bertz CT molecular complexity index is 888. The molecule has 1 N–H and O–H groups in total. The van der Waals surface area contributed by atoms with Crippen LogP contribution in [-0.2, 0) is 27.3 Å². The van der Waals surface area contributed by atoms with Crippen LogP contribution in [0, 0.1) is 6.92 Å². The third kappa shape index (κ3) is 5.10. The summed E-state index contributed by atoms with van der Waals surface area (Å²) in [6, 6.07) is 5.66. The zero-order chi connectivity index (χ0) is 19.2. The number of hydrogen-bond donors (Lipinski definition) is 1. The van der Waals surface area contributed by atoms with Crippen molar-refractivity contribution in [2.45, 2.75) is 19.9 Å². The molecule has 1 amide bonds. The molecule has 2 heterocycles. The summed E-state index contributed by atoms with van der Waals surface area (Å²) in [5.41, 5.74) is 1.69. The summed E-state index contributed by atoms with van der Waals surface area (Å²) in [5.74, 6) is 0.412. The van der Waals surface area contributed by atoms with Gasteiger partial charge >= 0.3 is 10.8 Å². The Morgan fingerprint density at radius 2 is 2.04 bits per heavy atom. The average Bonchev–Trinajstić information content (AvgIpc) is 2.98. The number of carbonyl (C=O) groups is 2. The van der Waals surface area contributed by atoms with Gasteiger partial charge in [-0.1, -0.05) is 17.4 Å². The fourth-order valence-corrected chi connectivity index (χ4v) is 3.29. The Morgan fingerprint density at radius 3 is 2.78 bits per heavy atom. The maximum absolute atomic E-state index is 11.8. The molecule has 0 radical (unpaired) electrons. The zero-order valence-corrected chi connectivity index (χ0v) is 15.7. The number of esters is 1. The van der Waals surface area contributed by atoms with Crippen LogP contribution in [0.1, 0.15) is 11.3 Å². The van der Waals surface area contributed by atoms with Gasteiger partial charge in [-0.25, -0.2) is 0 Å². The SMILES string of the molecule is Cc1csc(=O)n1CC(=O)OCC(=O)NCCc1ccc2c(c1)OCCO2. The molecule has 1 aliphatic heterocycles. The first-order chi connectivity index (χ1) is 13.0. The summed E-state index contributed by atoms with van der Waals surface area (Å²) >= 11 is 1.02. The molecule has 9 heteroatoms. The number of benzene rings is 1. The van der Waals surface area contributed by atoms with Gasteiger partial charge in [-0.3, -0.25) is 19.0 Å². The fraction of sp³-hybridized carbons (Fsp3) is 0.389. The van der Waals surface area contributed by atoms with Gasteiger partial charge < -0.3 is 19.5 Å². The van der Waals surface area contributed by atoms with E-state index in [0.717, 1.165) is 22.6 Å². The Hall–Kier alpha value is -2.81. The van der Waals surface area contributed by atoms with E-state index in [-0.39, 0.29) is 18.0 Å². The summed E-state index contributed by atoms with van der Waals surface area (Å²) in [4.78, 5) is 34.9. The van der Waals surface area contributed by atoms with Gasteiger partial charge in [0.25, 0.3) is 5.91 Å². The molecule has 0 spiro atoms. The number of fused-ring (bicyclic) bond motifs is 1. The van der Waals surface area contributed by atoms with Gasteiger partial charge in [0.1, 0.15) is 19.8 Å². The van der Waals surface area contributed by atoms with Crippen LogP contribution in [0.25, 0.3) is 0 Å². The molecular formula is C18H20N2O6S. The van der Waals surface area contributed by atoms with Crippen LogP contribution in [0.5, 0.6) is 11.5 Å². The fourth-order valence-electron chi connectivity index (χ4n) is 2.56. The molecule has 0 fully saturated rings. The van der Waals surface area contributed by atoms with Crippen LogP contribution in [0.3, 0.4) is 0 Å². The minimum atomic E-state index is -0.624. The van der Waals surface area contributed by atoms with Crippen LogP contribution in [0.2, 0.25) is 0 Å². The summed E-state index contributed by atoms with van der Waals surface area (Å²) < 4.78 is 17.2. The van der Waals surface area contributed by atoms with Gasteiger partial charge in [0, 0.05) is 17.6 Å². The van der Waals surface area contributed by atoms with Crippen molar-refractivity contribution in [1.29, 1.82) is 0 Å². The van der Waals surface area contributed by atoms with Crippen LogP contribution >= 0.6 is 11.3 Å². The summed E-state index contributed by atoms with van der Waals surface area (Å²) in [6.07, 6.45) is 0.611. The quantitative estimate of drug-likeness (QED) is 0.703. The van der Waals surface area contributed by atoms with Crippen molar-refractivity contribution >= 4 is 23.2 Å². The van der Waals surface area contributed by atoms with Crippen LogP contribution in [0.4, 0.5) is 0 Å². The van der Waals surface area contributed by atoms with Crippen molar-refractivity contribution in [3.8, 4) is 11.5 Å². The highest BCUT2D eigenvalue weighted by atomic mass is 32.1. The molecule has 1 aromatic heterocycles. The molecule has 3 rings (SSSR count).